The van der Waals surface area contributed by atoms with E-state index in [-0.39, 0.29) is 12.5 Å². The molecule has 0 saturated heterocycles. The molecule has 2 aromatic carbocycles. The van der Waals surface area contributed by atoms with Crippen molar-refractivity contribution in [2.45, 2.75) is 44.1 Å². The van der Waals surface area contributed by atoms with Gasteiger partial charge in [-0.2, -0.15) is 0 Å². The molecule has 1 saturated carbocycles. The first-order valence-electron chi connectivity index (χ1n) is 11.9. The Labute approximate surface area is 207 Å². The van der Waals surface area contributed by atoms with Gasteiger partial charge in [0.1, 0.15) is 5.60 Å². The zero-order valence-electron chi connectivity index (χ0n) is 20.0. The molecule has 0 aliphatic heterocycles. The second-order valence-electron chi connectivity index (χ2n) is 8.65. The summed E-state index contributed by atoms with van der Waals surface area (Å²) >= 11 is 0. The molecule has 0 bridgehead atoms. The molecule has 0 aromatic heterocycles. The molecule has 1 aliphatic rings. The van der Waals surface area contributed by atoms with E-state index >= 15 is 0 Å². The number of benzene rings is 2. The highest BCUT2D eigenvalue weighted by molar-refractivity contribution is 6.27. The van der Waals surface area contributed by atoms with Crippen LogP contribution in [0.5, 0.6) is 0 Å². The molecule has 7 heteroatoms. The first kappa shape index (κ1) is 28.1. The lowest BCUT2D eigenvalue weighted by Gasteiger charge is -2.33. The monoisotopic (exact) mass is 481 g/mol. The molecule has 0 heterocycles. The summed E-state index contributed by atoms with van der Waals surface area (Å²) in [6.07, 6.45) is 5.93. The summed E-state index contributed by atoms with van der Waals surface area (Å²) < 4.78 is 0. The molecule has 1 aliphatic carbocycles. The number of hydrogen-bond acceptors (Lipinski definition) is 5. The molecular formula is C28H35NO6. The van der Waals surface area contributed by atoms with E-state index in [0.717, 1.165) is 31.4 Å². The summed E-state index contributed by atoms with van der Waals surface area (Å²) in [6.45, 7) is 2.23. The van der Waals surface area contributed by atoms with E-state index in [0.29, 0.717) is 19.5 Å². The third kappa shape index (κ3) is 9.53. The van der Waals surface area contributed by atoms with Gasteiger partial charge in [-0.15, -0.1) is 0 Å². The van der Waals surface area contributed by atoms with Gasteiger partial charge in [0.05, 0.1) is 13.2 Å². The molecule has 188 valence electrons. The van der Waals surface area contributed by atoms with Crippen molar-refractivity contribution < 1.29 is 30.0 Å². The Bertz CT molecular complexity index is 951. The van der Waals surface area contributed by atoms with Crippen LogP contribution in [0.1, 0.15) is 43.2 Å². The predicted octanol–water partition coefficient (Wildman–Crippen LogP) is 3.15. The van der Waals surface area contributed by atoms with Gasteiger partial charge in [0, 0.05) is 19.5 Å². The van der Waals surface area contributed by atoms with Crippen LogP contribution < -0.4 is 0 Å². The second kappa shape index (κ2) is 14.9. The van der Waals surface area contributed by atoms with E-state index in [1.54, 1.807) is 0 Å². The van der Waals surface area contributed by atoms with Crippen LogP contribution in [0.4, 0.5) is 0 Å². The number of aliphatic hydroxyl groups excluding tert-OH is 1. The Morgan fingerprint density at radius 3 is 2.00 bits per heavy atom. The number of nitrogens with zero attached hydrogens (tertiary/aromatic N) is 1. The summed E-state index contributed by atoms with van der Waals surface area (Å²) in [6, 6.07) is 20.4. The molecule has 0 radical (unpaired) electrons. The minimum atomic E-state index is -1.82. The molecule has 1 unspecified atom stereocenters. The van der Waals surface area contributed by atoms with E-state index in [4.69, 9.17) is 19.8 Å². The molecule has 3 rings (SSSR count). The van der Waals surface area contributed by atoms with Crippen LogP contribution in [0.2, 0.25) is 0 Å². The summed E-state index contributed by atoms with van der Waals surface area (Å²) in [5.41, 5.74) is 1.41. The fourth-order valence-electron chi connectivity index (χ4n) is 4.32. The number of aliphatic carboxylic acids is 2. The van der Waals surface area contributed by atoms with Crippen LogP contribution in [0.15, 0.2) is 60.7 Å². The van der Waals surface area contributed by atoms with Gasteiger partial charge in [0.25, 0.3) is 0 Å². The van der Waals surface area contributed by atoms with Gasteiger partial charge in [-0.05, 0) is 36.3 Å². The number of carboxylic acid groups (broad SMARTS) is 2. The Balaban J connectivity index is 0.000000641. The van der Waals surface area contributed by atoms with Gasteiger partial charge >= 0.3 is 11.9 Å². The van der Waals surface area contributed by atoms with Crippen molar-refractivity contribution >= 4 is 11.9 Å². The van der Waals surface area contributed by atoms with Crippen LogP contribution in [-0.4, -0.2) is 63.5 Å². The van der Waals surface area contributed by atoms with E-state index in [9.17, 15) is 10.2 Å². The zero-order valence-corrected chi connectivity index (χ0v) is 20.0. The third-order valence-corrected chi connectivity index (χ3v) is 6.25. The van der Waals surface area contributed by atoms with Crippen molar-refractivity contribution in [3.05, 3.63) is 71.8 Å². The van der Waals surface area contributed by atoms with Gasteiger partial charge in [0.2, 0.25) is 0 Å². The summed E-state index contributed by atoms with van der Waals surface area (Å²) in [5.74, 6) is 3.16. The molecule has 1 fully saturated rings. The zero-order chi connectivity index (χ0) is 25.5. The standard InChI is InChI=1S/C26H33NO2.C2H2O4/c28-22-21-27(20-17-23-11-3-1-4-12-23)19-10-9-18-26(29,25-15-7-8-16-25)24-13-5-2-6-14-24;3-1(4)2(5)6/h1-6,11-14,25,28-29H,7-8,15-22H2;(H,3,4)(H,5,6). The highest BCUT2D eigenvalue weighted by Gasteiger charge is 2.39. The quantitative estimate of drug-likeness (QED) is 0.321. The van der Waals surface area contributed by atoms with Crippen molar-refractivity contribution in [3.63, 3.8) is 0 Å². The fourth-order valence-corrected chi connectivity index (χ4v) is 4.32. The van der Waals surface area contributed by atoms with Gasteiger partial charge in [-0.1, -0.05) is 85.3 Å². The molecular weight excluding hydrogens is 446 g/mol. The number of rotatable bonds is 9. The number of hydrogen-bond donors (Lipinski definition) is 4. The number of carboxylic acids is 2. The topological polar surface area (TPSA) is 118 Å². The Kier molecular flexibility index (Phi) is 12.0. The van der Waals surface area contributed by atoms with Crippen molar-refractivity contribution in [1.29, 1.82) is 0 Å². The lowest BCUT2D eigenvalue weighted by atomic mass is 9.78. The van der Waals surface area contributed by atoms with Gasteiger partial charge in [-0.25, -0.2) is 9.59 Å². The van der Waals surface area contributed by atoms with E-state index < -0.39 is 17.5 Å². The van der Waals surface area contributed by atoms with Crippen LogP contribution >= 0.6 is 0 Å². The largest absolute Gasteiger partial charge is 0.473 e. The SMILES string of the molecule is O=C(O)C(=O)O.OCCN(CC#CCC(O)(c1ccccc1)C1CCCC1)CCc1ccccc1. The van der Waals surface area contributed by atoms with Crippen molar-refractivity contribution in [3.8, 4) is 11.8 Å². The molecule has 7 nitrogen and oxygen atoms in total. The smallest absolute Gasteiger partial charge is 0.414 e. The van der Waals surface area contributed by atoms with E-state index in [2.05, 4.69) is 41.0 Å². The maximum Gasteiger partial charge on any atom is 0.414 e. The Hall–Kier alpha value is -3.18. The van der Waals surface area contributed by atoms with Crippen molar-refractivity contribution in [1.82, 2.24) is 4.90 Å². The highest BCUT2D eigenvalue weighted by atomic mass is 16.4. The Morgan fingerprint density at radius 1 is 0.886 bits per heavy atom. The lowest BCUT2D eigenvalue weighted by Crippen LogP contribution is -2.33. The predicted molar refractivity (Wildman–Crippen MR) is 134 cm³/mol. The van der Waals surface area contributed by atoms with Crippen molar-refractivity contribution in [2.24, 2.45) is 5.92 Å². The number of carbonyl (C=O) groups is 2. The third-order valence-electron chi connectivity index (χ3n) is 6.25. The minimum Gasteiger partial charge on any atom is -0.473 e. The molecule has 35 heavy (non-hydrogen) atoms. The molecule has 2 aromatic rings. The fraction of sp³-hybridized carbons (Fsp3) is 0.429. The first-order chi connectivity index (χ1) is 16.9. The van der Waals surface area contributed by atoms with Crippen LogP contribution in [0, 0.1) is 17.8 Å². The van der Waals surface area contributed by atoms with E-state index in [1.807, 2.05) is 36.4 Å². The highest BCUT2D eigenvalue weighted by Crippen LogP contribution is 2.42. The molecule has 1 atom stereocenters. The first-order valence-corrected chi connectivity index (χ1v) is 11.9. The molecule has 4 N–H and O–H groups in total. The summed E-state index contributed by atoms with van der Waals surface area (Å²) in [7, 11) is 0. The average molecular weight is 482 g/mol. The lowest BCUT2D eigenvalue weighted by molar-refractivity contribution is -0.159. The number of aliphatic hydroxyl groups is 2. The van der Waals surface area contributed by atoms with Crippen LogP contribution in [0.25, 0.3) is 0 Å². The van der Waals surface area contributed by atoms with Gasteiger partial charge in [-0.3, -0.25) is 4.90 Å². The summed E-state index contributed by atoms with van der Waals surface area (Å²) in [5, 5.41) is 35.7. The van der Waals surface area contributed by atoms with Crippen LogP contribution in [-0.2, 0) is 21.6 Å². The van der Waals surface area contributed by atoms with Crippen molar-refractivity contribution in [2.75, 3.05) is 26.2 Å². The maximum atomic E-state index is 11.5. The van der Waals surface area contributed by atoms with Gasteiger partial charge in [0.15, 0.2) is 0 Å². The summed E-state index contributed by atoms with van der Waals surface area (Å²) in [4.78, 5) is 20.4. The molecule has 0 spiro atoms. The normalized spacial score (nSPS) is 14.8. The molecule has 0 amide bonds. The van der Waals surface area contributed by atoms with Crippen LogP contribution in [0.3, 0.4) is 0 Å². The van der Waals surface area contributed by atoms with Gasteiger partial charge < -0.3 is 20.4 Å². The second-order valence-corrected chi connectivity index (χ2v) is 8.65. The minimum absolute atomic E-state index is 0.131. The average Bonchev–Trinajstić information content (AvgIpc) is 3.42. The Morgan fingerprint density at radius 2 is 1.46 bits per heavy atom. The van der Waals surface area contributed by atoms with E-state index in [1.165, 1.54) is 18.4 Å². The maximum absolute atomic E-state index is 11.5.